The van der Waals surface area contributed by atoms with Crippen molar-refractivity contribution in [1.29, 1.82) is 0 Å². The maximum absolute atomic E-state index is 13.6. The Morgan fingerprint density at radius 1 is 0.833 bits per heavy atom. The Morgan fingerprint density at radius 3 is 2.19 bits per heavy atom. The number of nitrogens with one attached hydrogen (secondary N) is 5. The van der Waals surface area contributed by atoms with E-state index in [1.165, 1.54) is 0 Å². The Hall–Kier alpha value is -4.68. The molecule has 0 unspecified atom stereocenters. The molecule has 4 aromatic rings. The summed E-state index contributed by atoms with van der Waals surface area (Å²) in [7, 11) is 1.56. The Morgan fingerprint density at radius 2 is 1.52 bits per heavy atom. The number of hydrogen-bond donors (Lipinski definition) is 5. The lowest BCUT2D eigenvalue weighted by Gasteiger charge is -2.18. The molecule has 3 amide bonds. The molecular formula is C41H44Cl2N6O5. The van der Waals surface area contributed by atoms with Crippen molar-refractivity contribution in [3.8, 4) is 22.9 Å². The van der Waals surface area contributed by atoms with Gasteiger partial charge in [-0.25, -0.2) is 0 Å². The van der Waals surface area contributed by atoms with E-state index in [2.05, 4.69) is 31.6 Å². The summed E-state index contributed by atoms with van der Waals surface area (Å²) in [5.74, 6) is 0.603. The molecule has 13 heteroatoms. The number of fused-ring (bicyclic) bond motifs is 1. The monoisotopic (exact) mass is 770 g/mol. The molecule has 0 spiro atoms. The summed E-state index contributed by atoms with van der Waals surface area (Å²) >= 11 is 13.7. The summed E-state index contributed by atoms with van der Waals surface area (Å²) in [6.07, 6.45) is 3.96. The van der Waals surface area contributed by atoms with Gasteiger partial charge in [-0.05, 0) is 84.7 Å². The number of hydrogen-bond acceptors (Lipinski definition) is 8. The summed E-state index contributed by atoms with van der Waals surface area (Å²) in [5.41, 5.74) is 7.83. The lowest BCUT2D eigenvalue weighted by molar-refractivity contribution is -0.120. The van der Waals surface area contributed by atoms with Gasteiger partial charge >= 0.3 is 0 Å². The number of carbonyl (C=O) groups excluding carboxylic acids is 3. The predicted octanol–water partition coefficient (Wildman–Crippen LogP) is 6.43. The zero-order valence-corrected chi connectivity index (χ0v) is 31.8. The first kappa shape index (κ1) is 37.6. The van der Waals surface area contributed by atoms with E-state index >= 15 is 0 Å². The van der Waals surface area contributed by atoms with Crippen molar-refractivity contribution in [1.82, 2.24) is 26.3 Å². The second-order valence-corrected chi connectivity index (χ2v) is 14.9. The molecule has 3 atom stereocenters. The Bertz CT molecular complexity index is 2080. The van der Waals surface area contributed by atoms with Gasteiger partial charge in [-0.15, -0.1) is 0 Å². The smallest absolute Gasteiger partial charge is 0.257 e. The molecule has 0 bridgehead atoms. The predicted molar refractivity (Wildman–Crippen MR) is 209 cm³/mol. The van der Waals surface area contributed by atoms with E-state index in [1.54, 1.807) is 19.2 Å². The molecule has 54 heavy (non-hydrogen) atoms. The van der Waals surface area contributed by atoms with Gasteiger partial charge in [0.25, 0.3) is 5.91 Å². The fourth-order valence-electron chi connectivity index (χ4n) is 7.51. The van der Waals surface area contributed by atoms with Crippen molar-refractivity contribution in [3.63, 3.8) is 0 Å². The average Bonchev–Trinajstić information content (AvgIpc) is 3.89. The summed E-state index contributed by atoms with van der Waals surface area (Å²) in [6.45, 7) is 4.51. The van der Waals surface area contributed by atoms with Gasteiger partial charge in [-0.1, -0.05) is 59.6 Å². The minimum atomic E-state index is -0.295. The van der Waals surface area contributed by atoms with Crippen LogP contribution < -0.4 is 36.1 Å². The molecule has 1 aromatic heterocycles. The summed E-state index contributed by atoms with van der Waals surface area (Å²) in [5, 5.41) is 16.5. The van der Waals surface area contributed by atoms with Gasteiger partial charge < -0.3 is 36.1 Å². The maximum Gasteiger partial charge on any atom is 0.257 e. The summed E-state index contributed by atoms with van der Waals surface area (Å²) < 4.78 is 12.0. The third-order valence-electron chi connectivity index (χ3n) is 10.4. The highest BCUT2D eigenvalue weighted by atomic mass is 35.5. The van der Waals surface area contributed by atoms with E-state index in [-0.39, 0.29) is 35.9 Å². The zero-order chi connectivity index (χ0) is 37.8. The van der Waals surface area contributed by atoms with E-state index in [0.717, 1.165) is 64.8 Å². The molecule has 3 aromatic carbocycles. The zero-order valence-electron chi connectivity index (χ0n) is 30.3. The van der Waals surface area contributed by atoms with Crippen molar-refractivity contribution in [3.05, 3.63) is 104 Å². The summed E-state index contributed by atoms with van der Waals surface area (Å²) in [4.78, 5) is 41.2. The van der Waals surface area contributed by atoms with Crippen molar-refractivity contribution >= 4 is 46.6 Å². The molecule has 3 heterocycles. The number of nitrogens with zero attached hydrogens (tertiary/aromatic N) is 1. The number of aryl methyl sites for hydroxylation is 1. The Balaban J connectivity index is 1.01. The number of carbonyl (C=O) groups is 3. The van der Waals surface area contributed by atoms with Crippen LogP contribution in [0.25, 0.3) is 11.1 Å². The van der Waals surface area contributed by atoms with Crippen LogP contribution in [-0.4, -0.2) is 55.0 Å². The number of ether oxygens (including phenoxy) is 2. The van der Waals surface area contributed by atoms with Crippen LogP contribution in [0.3, 0.4) is 0 Å². The normalized spacial score (nSPS) is 19.0. The number of benzene rings is 3. The Labute approximate surface area is 324 Å². The number of aromatic nitrogens is 1. The van der Waals surface area contributed by atoms with Gasteiger partial charge in [0.15, 0.2) is 0 Å². The highest BCUT2D eigenvalue weighted by Gasteiger charge is 2.29. The first-order valence-corrected chi connectivity index (χ1v) is 19.1. The first-order valence-electron chi connectivity index (χ1n) is 18.4. The molecule has 1 aliphatic carbocycles. The number of rotatable bonds is 14. The summed E-state index contributed by atoms with van der Waals surface area (Å²) in [6, 6.07) is 19.5. The van der Waals surface area contributed by atoms with Gasteiger partial charge in [0.05, 0.1) is 17.7 Å². The highest BCUT2D eigenvalue weighted by Crippen LogP contribution is 2.43. The molecule has 0 saturated carbocycles. The lowest BCUT2D eigenvalue weighted by Crippen LogP contribution is -2.35. The van der Waals surface area contributed by atoms with E-state index in [9.17, 15) is 14.4 Å². The fraction of sp³-hybridized carbons (Fsp3) is 0.366. The molecule has 2 saturated heterocycles. The van der Waals surface area contributed by atoms with Crippen LogP contribution in [0.2, 0.25) is 10.0 Å². The van der Waals surface area contributed by atoms with E-state index in [0.29, 0.717) is 72.0 Å². The molecular weight excluding hydrogens is 727 g/mol. The van der Waals surface area contributed by atoms with E-state index in [1.807, 2.05) is 55.5 Å². The minimum Gasteiger partial charge on any atom is -0.481 e. The van der Waals surface area contributed by atoms with Crippen molar-refractivity contribution < 1.29 is 23.9 Å². The first-order chi connectivity index (χ1) is 26.2. The van der Waals surface area contributed by atoms with Gasteiger partial charge in [-0.2, -0.15) is 4.98 Å². The van der Waals surface area contributed by atoms with E-state index in [4.69, 9.17) is 32.7 Å². The second-order valence-electron chi connectivity index (χ2n) is 14.1. The number of methoxy groups -OCH3 is 1. The average molecular weight is 772 g/mol. The molecule has 2 fully saturated rings. The van der Waals surface area contributed by atoms with Crippen LogP contribution in [0.5, 0.6) is 11.8 Å². The van der Waals surface area contributed by atoms with Crippen molar-refractivity contribution in [2.75, 3.05) is 25.5 Å². The van der Waals surface area contributed by atoms with Gasteiger partial charge in [0, 0.05) is 67.9 Å². The molecule has 5 N–H and O–H groups in total. The highest BCUT2D eigenvalue weighted by molar-refractivity contribution is 6.37. The lowest BCUT2D eigenvalue weighted by atomic mass is 9.95. The van der Waals surface area contributed by atoms with Crippen molar-refractivity contribution in [2.24, 2.45) is 0 Å². The largest absolute Gasteiger partial charge is 0.481 e. The number of amides is 3. The number of pyridine rings is 1. The molecule has 2 aliphatic heterocycles. The van der Waals surface area contributed by atoms with Crippen molar-refractivity contribution in [2.45, 2.75) is 76.7 Å². The molecule has 7 rings (SSSR count). The number of halogens is 2. The van der Waals surface area contributed by atoms with Crippen LogP contribution in [0.15, 0.2) is 60.7 Å². The SMILES string of the molecule is COc1nc(O[C@H]2CCc3c(-c4cccc(C(=O)Nc5ccc(CNC[C@@H]6CCC(=O)N6)c(C)c5)c4Cl)cccc32)c(Cl)cc1CNC[C@@H]1CCC(=O)N1. The third-order valence-corrected chi connectivity index (χ3v) is 11.0. The van der Waals surface area contributed by atoms with E-state index < -0.39 is 0 Å². The molecule has 0 radical (unpaired) electrons. The fourth-order valence-corrected chi connectivity index (χ4v) is 8.05. The van der Waals surface area contributed by atoms with Gasteiger partial charge in [0.1, 0.15) is 11.1 Å². The second kappa shape index (κ2) is 16.8. The standard InChI is InChI=1S/C41H44Cl2N6O5/c1-23-17-26(10-9-24(23)19-44-21-27-11-15-36(50)46-27)48-39(52)33-8-4-7-32(38(33)43)29-5-3-6-31-30(29)13-14-35(31)54-41-34(42)18-25(40(49-41)53-2)20-45-22-28-12-16-37(51)47-28/h3-10,17-18,27-28,35,44-45H,11-16,19-22H2,1-2H3,(H,46,50)(H,47,51)(H,48,52)/t27-,28-,35-/m0/s1. The third kappa shape index (κ3) is 8.50. The van der Waals surface area contributed by atoms with Gasteiger partial charge in [-0.3, -0.25) is 14.4 Å². The minimum absolute atomic E-state index is 0.0812. The van der Waals surface area contributed by atoms with Crippen LogP contribution in [0, 0.1) is 6.92 Å². The quantitative estimate of drug-likeness (QED) is 0.0989. The van der Waals surface area contributed by atoms with Gasteiger partial charge in [0.2, 0.25) is 23.6 Å². The van der Waals surface area contributed by atoms with Crippen LogP contribution in [0.1, 0.15) is 76.4 Å². The molecule has 3 aliphatic rings. The van der Waals surface area contributed by atoms with Crippen LogP contribution in [-0.2, 0) is 29.1 Å². The number of anilines is 1. The maximum atomic E-state index is 13.6. The topological polar surface area (TPSA) is 143 Å². The van der Waals surface area contributed by atoms with Crippen LogP contribution in [0.4, 0.5) is 5.69 Å². The Kier molecular flexibility index (Phi) is 11.7. The molecule has 11 nitrogen and oxygen atoms in total. The molecule has 282 valence electrons. The van der Waals surface area contributed by atoms with Crippen LogP contribution >= 0.6 is 23.2 Å².